The molecule has 0 bridgehead atoms. The summed E-state index contributed by atoms with van der Waals surface area (Å²) in [6.07, 6.45) is 2.35. The monoisotopic (exact) mass is 379 g/mol. The van der Waals surface area contributed by atoms with E-state index in [0.717, 1.165) is 17.4 Å². The molecule has 4 atom stereocenters. The van der Waals surface area contributed by atoms with Crippen molar-refractivity contribution < 1.29 is 19.3 Å². The lowest BCUT2D eigenvalue weighted by Gasteiger charge is -2.33. The van der Waals surface area contributed by atoms with Crippen LogP contribution in [0.5, 0.6) is 0 Å². The van der Waals surface area contributed by atoms with Crippen molar-refractivity contribution in [3.8, 4) is 0 Å². The first-order valence-corrected chi connectivity index (χ1v) is 8.89. The molecule has 1 aromatic rings. The minimum atomic E-state index is -1.33. The molecule has 0 amide bonds. The van der Waals surface area contributed by atoms with Crippen LogP contribution >= 0.6 is 0 Å². The van der Waals surface area contributed by atoms with Crippen LogP contribution < -0.4 is 11.2 Å². The molecule has 1 saturated carbocycles. The molecule has 0 unspecified atom stereocenters. The maximum absolute atomic E-state index is 12.6. The van der Waals surface area contributed by atoms with Gasteiger partial charge in [-0.2, -0.15) is 0 Å². The molecule has 0 aromatic carbocycles. The summed E-state index contributed by atoms with van der Waals surface area (Å²) in [4.78, 5) is 27.1. The number of azide groups is 1. The number of hydrogen-bond acceptors (Lipinski definition) is 7. The van der Waals surface area contributed by atoms with Crippen molar-refractivity contribution >= 4 is 0 Å². The molecule has 1 aromatic heterocycles. The maximum atomic E-state index is 12.6. The molecular weight excluding hydrogens is 358 g/mol. The molecule has 2 aliphatic heterocycles. The van der Waals surface area contributed by atoms with Crippen LogP contribution in [0.25, 0.3) is 10.4 Å². The highest BCUT2D eigenvalue weighted by Crippen LogP contribution is 2.52. The average Bonchev–Trinajstić information content (AvgIpc) is 3.35. The highest BCUT2D eigenvalue weighted by molar-refractivity contribution is 5.09. The predicted molar refractivity (Wildman–Crippen MR) is 90.8 cm³/mol. The van der Waals surface area contributed by atoms with Gasteiger partial charge in [0.05, 0.1) is 13.2 Å². The highest BCUT2D eigenvalue weighted by Gasteiger charge is 2.65. The van der Waals surface area contributed by atoms with E-state index in [1.54, 1.807) is 0 Å². The van der Waals surface area contributed by atoms with E-state index in [-0.39, 0.29) is 6.54 Å². The third kappa shape index (κ3) is 2.70. The van der Waals surface area contributed by atoms with Crippen molar-refractivity contribution in [1.82, 2.24) is 9.13 Å². The van der Waals surface area contributed by atoms with Crippen LogP contribution in [0.1, 0.15) is 31.9 Å². The van der Waals surface area contributed by atoms with Gasteiger partial charge in [-0.3, -0.25) is 13.9 Å². The summed E-state index contributed by atoms with van der Waals surface area (Å²) in [5.74, 6) is -0.779. The van der Waals surface area contributed by atoms with Crippen LogP contribution in [0.4, 0.5) is 0 Å². The molecule has 3 heterocycles. The SMILES string of the molecule is Cn1c(=O)ccn([C@@H]2O[C@@](CO)(CN=[N+]=[N-])[C@H]3OC4(CCCC4)O[C@@H]23)c1=O. The Kier molecular flexibility index (Phi) is 4.36. The predicted octanol–water partition coefficient (Wildman–Crippen LogP) is 0.171. The number of fused-ring (bicyclic) bond motifs is 1. The molecule has 2 saturated heterocycles. The van der Waals surface area contributed by atoms with Gasteiger partial charge in [-0.15, -0.1) is 0 Å². The van der Waals surface area contributed by atoms with Crippen LogP contribution in [0.2, 0.25) is 0 Å². The van der Waals surface area contributed by atoms with Gasteiger partial charge < -0.3 is 19.3 Å². The molecule has 11 nitrogen and oxygen atoms in total. The fourth-order valence-corrected chi connectivity index (χ4v) is 4.23. The van der Waals surface area contributed by atoms with Gasteiger partial charge in [-0.25, -0.2) is 4.79 Å². The number of aliphatic hydroxyl groups is 1. The Morgan fingerprint density at radius 1 is 1.33 bits per heavy atom. The first-order valence-electron chi connectivity index (χ1n) is 8.89. The lowest BCUT2D eigenvalue weighted by molar-refractivity contribution is -0.237. The molecule has 11 heteroatoms. The fourth-order valence-electron chi connectivity index (χ4n) is 4.23. The summed E-state index contributed by atoms with van der Waals surface area (Å²) in [6, 6.07) is 1.26. The van der Waals surface area contributed by atoms with E-state index in [9.17, 15) is 14.7 Å². The lowest BCUT2D eigenvalue weighted by Crippen LogP contribution is -2.49. The second-order valence-corrected chi connectivity index (χ2v) is 7.26. The Labute approximate surface area is 153 Å². The van der Waals surface area contributed by atoms with Crippen molar-refractivity contribution in [2.75, 3.05) is 13.2 Å². The van der Waals surface area contributed by atoms with Gasteiger partial charge >= 0.3 is 5.69 Å². The zero-order valence-electron chi connectivity index (χ0n) is 14.9. The first-order chi connectivity index (χ1) is 13.0. The van der Waals surface area contributed by atoms with Gasteiger partial charge in [0.25, 0.3) is 5.56 Å². The molecule has 146 valence electrons. The maximum Gasteiger partial charge on any atom is 0.332 e. The molecule has 27 heavy (non-hydrogen) atoms. The molecule has 1 aliphatic carbocycles. The molecule has 4 rings (SSSR count). The lowest BCUT2D eigenvalue weighted by atomic mass is 9.96. The van der Waals surface area contributed by atoms with Crippen LogP contribution in [-0.2, 0) is 21.3 Å². The van der Waals surface area contributed by atoms with Crippen molar-refractivity contribution in [2.45, 2.75) is 55.5 Å². The number of aliphatic hydroxyl groups excluding tert-OH is 1. The second-order valence-electron chi connectivity index (χ2n) is 7.26. The normalized spacial score (nSPS) is 33.9. The zero-order chi connectivity index (χ0) is 19.2. The standard InChI is InChI=1S/C16H21N5O6/c1-20-10(23)4-7-21(14(20)24)13-11-12(15(9-22,27-13)8-18-19-17)26-16(25-11)5-2-3-6-16/h4,7,11-13,22H,2-3,5-6,8-9H2,1H3/t11-,12+,13-,15-/m1/s1. The molecule has 0 radical (unpaired) electrons. The fraction of sp³-hybridized carbons (Fsp3) is 0.750. The third-order valence-corrected chi connectivity index (χ3v) is 5.67. The van der Waals surface area contributed by atoms with Crippen molar-refractivity contribution in [3.05, 3.63) is 43.5 Å². The van der Waals surface area contributed by atoms with Crippen molar-refractivity contribution in [2.24, 2.45) is 12.2 Å². The molecule has 3 aliphatic rings. The largest absolute Gasteiger partial charge is 0.393 e. The first kappa shape index (κ1) is 18.2. The van der Waals surface area contributed by atoms with Crippen LogP contribution in [-0.4, -0.2) is 51.0 Å². The second kappa shape index (κ2) is 6.47. The van der Waals surface area contributed by atoms with Crippen LogP contribution in [0.15, 0.2) is 27.0 Å². The van der Waals surface area contributed by atoms with Crippen LogP contribution in [0, 0.1) is 0 Å². The summed E-state index contributed by atoms with van der Waals surface area (Å²) >= 11 is 0. The summed E-state index contributed by atoms with van der Waals surface area (Å²) in [5, 5.41) is 13.6. The Morgan fingerprint density at radius 3 is 2.74 bits per heavy atom. The number of nitrogens with zero attached hydrogens (tertiary/aromatic N) is 5. The Bertz CT molecular complexity index is 899. The molecule has 3 fully saturated rings. The zero-order valence-corrected chi connectivity index (χ0v) is 14.9. The Morgan fingerprint density at radius 2 is 2.07 bits per heavy atom. The van der Waals surface area contributed by atoms with Crippen molar-refractivity contribution in [3.63, 3.8) is 0 Å². The van der Waals surface area contributed by atoms with E-state index < -0.39 is 47.7 Å². The number of ether oxygens (including phenoxy) is 3. The van der Waals surface area contributed by atoms with Crippen LogP contribution in [0.3, 0.4) is 0 Å². The van der Waals surface area contributed by atoms with E-state index in [4.69, 9.17) is 19.7 Å². The molecular formula is C16H21N5O6. The van der Waals surface area contributed by atoms with E-state index in [0.29, 0.717) is 12.8 Å². The van der Waals surface area contributed by atoms with Gasteiger partial charge in [0.15, 0.2) is 12.0 Å². The molecule has 1 spiro atoms. The highest BCUT2D eigenvalue weighted by atomic mass is 16.8. The minimum Gasteiger partial charge on any atom is -0.393 e. The van der Waals surface area contributed by atoms with Crippen molar-refractivity contribution in [1.29, 1.82) is 0 Å². The van der Waals surface area contributed by atoms with E-state index in [1.807, 2.05) is 0 Å². The number of hydrogen-bond donors (Lipinski definition) is 1. The quantitative estimate of drug-likeness (QED) is 0.449. The van der Waals surface area contributed by atoms with Gasteiger partial charge in [0.1, 0.15) is 17.8 Å². The summed E-state index contributed by atoms with van der Waals surface area (Å²) in [7, 11) is 1.37. The third-order valence-electron chi connectivity index (χ3n) is 5.67. The summed E-state index contributed by atoms with van der Waals surface area (Å²) in [6.45, 7) is -0.638. The minimum absolute atomic E-state index is 0.169. The average molecular weight is 379 g/mol. The summed E-state index contributed by atoms with van der Waals surface area (Å²) in [5.41, 5.74) is 6.39. The van der Waals surface area contributed by atoms with E-state index in [1.165, 1.54) is 23.9 Å². The number of aromatic nitrogens is 2. The smallest absolute Gasteiger partial charge is 0.332 e. The Balaban J connectivity index is 1.79. The van der Waals surface area contributed by atoms with Gasteiger partial charge in [0, 0.05) is 37.1 Å². The molecule has 1 N–H and O–H groups in total. The van der Waals surface area contributed by atoms with Gasteiger partial charge in [0.2, 0.25) is 0 Å². The van der Waals surface area contributed by atoms with Gasteiger partial charge in [-0.05, 0) is 18.4 Å². The van der Waals surface area contributed by atoms with Gasteiger partial charge in [-0.1, -0.05) is 5.11 Å². The topological polar surface area (TPSA) is 141 Å². The number of rotatable bonds is 4. The van der Waals surface area contributed by atoms with E-state index in [2.05, 4.69) is 10.0 Å². The van der Waals surface area contributed by atoms with E-state index >= 15 is 0 Å². The summed E-state index contributed by atoms with van der Waals surface area (Å²) < 4.78 is 20.7. The Hall–Kier alpha value is -2.17.